The number of benzene rings is 2. The molecule has 0 aromatic heterocycles. The molecule has 1 atom stereocenters. The van der Waals surface area contributed by atoms with E-state index >= 15 is 0 Å². The maximum absolute atomic E-state index is 14.6. The minimum absolute atomic E-state index is 0.0242. The Morgan fingerprint density at radius 3 is 2.57 bits per heavy atom. The molecule has 2 aliphatic rings. The second-order valence-electron chi connectivity index (χ2n) is 8.69. The summed E-state index contributed by atoms with van der Waals surface area (Å²) in [6, 6.07) is 6.46. The molecule has 3 N–H and O–H groups in total. The normalized spacial score (nSPS) is 17.5. The Hall–Kier alpha value is -3.42. The number of fused-ring (bicyclic) bond motifs is 1. The third-order valence-corrected chi connectivity index (χ3v) is 6.16. The first kappa shape index (κ1) is 24.7. The molecule has 0 radical (unpaired) electrons. The third-order valence-electron chi connectivity index (χ3n) is 6.16. The Bertz CT molecular complexity index is 1240. The summed E-state index contributed by atoms with van der Waals surface area (Å²) < 4.78 is 59.2. The summed E-state index contributed by atoms with van der Waals surface area (Å²) in [7, 11) is 0. The number of hydrogen-bond acceptors (Lipinski definition) is 5. The Balaban J connectivity index is 1.64. The summed E-state index contributed by atoms with van der Waals surface area (Å²) >= 11 is 0. The highest BCUT2D eigenvalue weighted by atomic mass is 19.4. The van der Waals surface area contributed by atoms with Crippen molar-refractivity contribution < 1.29 is 42.1 Å². The van der Waals surface area contributed by atoms with E-state index in [0.717, 1.165) is 6.07 Å². The van der Waals surface area contributed by atoms with Crippen molar-refractivity contribution in [3.05, 3.63) is 64.5 Å². The van der Waals surface area contributed by atoms with Crippen LogP contribution in [0.2, 0.25) is 0 Å². The number of cyclic esters (lactones) is 1. The van der Waals surface area contributed by atoms with Crippen LogP contribution < -0.4 is 5.32 Å². The SMILES string of the molecule is O=C1OCc2cc(NC(=O)C(O)(C#CCCO)CC3(c4cc(C(F)(F)F)ccc4F)CC3)ccc21. The van der Waals surface area contributed by atoms with Crippen molar-refractivity contribution >= 4 is 17.6 Å². The third kappa shape index (κ3) is 5.01. The van der Waals surface area contributed by atoms with E-state index in [-0.39, 0.29) is 43.7 Å². The molecular weight excluding hydrogens is 470 g/mol. The van der Waals surface area contributed by atoms with Crippen molar-refractivity contribution in [3.8, 4) is 11.8 Å². The molecule has 0 spiro atoms. The summed E-state index contributed by atoms with van der Waals surface area (Å²) in [6.45, 7) is -0.312. The van der Waals surface area contributed by atoms with Crippen LogP contribution in [-0.2, 0) is 27.7 Å². The zero-order valence-corrected chi connectivity index (χ0v) is 18.3. The van der Waals surface area contributed by atoms with Gasteiger partial charge in [0, 0.05) is 29.5 Å². The van der Waals surface area contributed by atoms with E-state index in [4.69, 9.17) is 9.84 Å². The van der Waals surface area contributed by atoms with Gasteiger partial charge in [-0.1, -0.05) is 11.8 Å². The predicted octanol–water partition coefficient (Wildman–Crippen LogP) is 3.69. The molecule has 10 heteroatoms. The Morgan fingerprint density at radius 1 is 1.17 bits per heavy atom. The van der Waals surface area contributed by atoms with Crippen molar-refractivity contribution in [2.24, 2.45) is 0 Å². The van der Waals surface area contributed by atoms with Gasteiger partial charge in [-0.2, -0.15) is 13.2 Å². The molecule has 1 aliphatic heterocycles. The van der Waals surface area contributed by atoms with Gasteiger partial charge in [-0.05, 0) is 54.8 Å². The number of nitrogens with one attached hydrogen (secondary N) is 1. The summed E-state index contributed by atoms with van der Waals surface area (Å²) in [6.07, 6.45) is -4.69. The van der Waals surface area contributed by atoms with Crippen molar-refractivity contribution in [1.29, 1.82) is 0 Å². The van der Waals surface area contributed by atoms with Crippen molar-refractivity contribution in [2.45, 2.75) is 49.5 Å². The van der Waals surface area contributed by atoms with E-state index in [1.54, 1.807) is 0 Å². The maximum Gasteiger partial charge on any atom is 0.416 e. The molecule has 184 valence electrons. The fourth-order valence-corrected chi connectivity index (χ4v) is 4.18. The molecule has 35 heavy (non-hydrogen) atoms. The number of carbonyl (C=O) groups is 2. The molecule has 1 unspecified atom stereocenters. The topological polar surface area (TPSA) is 95.9 Å². The number of aliphatic hydroxyl groups excluding tert-OH is 1. The summed E-state index contributed by atoms with van der Waals surface area (Å²) in [4.78, 5) is 24.8. The van der Waals surface area contributed by atoms with E-state index in [9.17, 15) is 32.3 Å². The van der Waals surface area contributed by atoms with Gasteiger partial charge in [0.15, 0.2) is 0 Å². The van der Waals surface area contributed by atoms with Crippen molar-refractivity contribution in [3.63, 3.8) is 0 Å². The maximum atomic E-state index is 14.6. The lowest BCUT2D eigenvalue weighted by molar-refractivity contribution is -0.137. The number of esters is 1. The van der Waals surface area contributed by atoms with Crippen molar-refractivity contribution in [1.82, 2.24) is 0 Å². The van der Waals surface area contributed by atoms with Gasteiger partial charge in [-0.3, -0.25) is 4.79 Å². The largest absolute Gasteiger partial charge is 0.457 e. The average molecular weight is 491 g/mol. The van der Waals surface area contributed by atoms with Gasteiger partial charge in [0.05, 0.1) is 17.7 Å². The fraction of sp³-hybridized carbons (Fsp3) is 0.360. The average Bonchev–Trinajstić information content (AvgIpc) is 3.47. The lowest BCUT2D eigenvalue weighted by Crippen LogP contribution is -2.44. The van der Waals surface area contributed by atoms with Gasteiger partial charge >= 0.3 is 12.1 Å². The van der Waals surface area contributed by atoms with Crippen LogP contribution >= 0.6 is 0 Å². The molecule has 2 aromatic carbocycles. The van der Waals surface area contributed by atoms with Gasteiger partial charge in [-0.25, -0.2) is 9.18 Å². The van der Waals surface area contributed by atoms with E-state index in [1.807, 2.05) is 0 Å². The lowest BCUT2D eigenvalue weighted by atomic mass is 9.82. The van der Waals surface area contributed by atoms with Crippen LogP contribution in [0.15, 0.2) is 36.4 Å². The molecule has 2 aromatic rings. The van der Waals surface area contributed by atoms with E-state index < -0.39 is 46.9 Å². The number of carbonyl (C=O) groups excluding carboxylic acids is 2. The van der Waals surface area contributed by atoms with Gasteiger partial charge < -0.3 is 20.3 Å². The standard InChI is InChI=1S/C25H21F4NO5/c26-20-6-3-16(25(27,28)29)12-19(20)23(8-9-23)14-24(34,7-1-2-10-31)22(33)30-17-4-5-18-15(11-17)13-35-21(18)32/h3-6,11-12,31,34H,2,8-10,13-14H2,(H,30,33). The second-order valence-corrected chi connectivity index (χ2v) is 8.69. The zero-order valence-electron chi connectivity index (χ0n) is 18.3. The first-order valence-electron chi connectivity index (χ1n) is 10.8. The van der Waals surface area contributed by atoms with Gasteiger partial charge in [-0.15, -0.1) is 0 Å². The Labute approximate surface area is 197 Å². The van der Waals surface area contributed by atoms with E-state index in [1.165, 1.54) is 18.2 Å². The molecule has 0 saturated heterocycles. The van der Waals surface area contributed by atoms with E-state index in [2.05, 4.69) is 17.2 Å². The van der Waals surface area contributed by atoms with Crippen LogP contribution in [0, 0.1) is 17.7 Å². The monoisotopic (exact) mass is 491 g/mol. The fourth-order valence-electron chi connectivity index (χ4n) is 4.18. The Morgan fingerprint density at radius 2 is 1.91 bits per heavy atom. The van der Waals surface area contributed by atoms with E-state index in [0.29, 0.717) is 23.3 Å². The number of ether oxygens (including phenoxy) is 1. The number of halogens is 4. The van der Waals surface area contributed by atoms with Crippen molar-refractivity contribution in [2.75, 3.05) is 11.9 Å². The van der Waals surface area contributed by atoms with Crippen LogP contribution in [0.5, 0.6) is 0 Å². The minimum Gasteiger partial charge on any atom is -0.457 e. The molecule has 0 bridgehead atoms. The highest BCUT2D eigenvalue weighted by Crippen LogP contribution is 2.55. The van der Waals surface area contributed by atoms with Crippen LogP contribution in [0.25, 0.3) is 0 Å². The summed E-state index contributed by atoms with van der Waals surface area (Å²) in [5.74, 6) is 2.58. The zero-order chi connectivity index (χ0) is 25.4. The van der Waals surface area contributed by atoms with Gasteiger partial charge in [0.2, 0.25) is 5.60 Å². The molecular formula is C25H21F4NO5. The lowest BCUT2D eigenvalue weighted by Gasteiger charge is -2.28. The van der Waals surface area contributed by atoms with Crippen LogP contribution in [0.3, 0.4) is 0 Å². The highest BCUT2D eigenvalue weighted by Gasteiger charge is 2.53. The number of aliphatic hydroxyl groups is 2. The van der Waals surface area contributed by atoms with Crippen LogP contribution in [-0.4, -0.2) is 34.3 Å². The van der Waals surface area contributed by atoms with Gasteiger partial charge in [0.25, 0.3) is 5.91 Å². The number of amides is 1. The molecule has 6 nitrogen and oxygen atoms in total. The Kier molecular flexibility index (Phi) is 6.34. The summed E-state index contributed by atoms with van der Waals surface area (Å²) in [5, 5.41) is 22.8. The van der Waals surface area contributed by atoms with Crippen LogP contribution in [0.1, 0.15) is 52.7 Å². The smallest absolute Gasteiger partial charge is 0.416 e. The minimum atomic E-state index is -4.69. The first-order valence-corrected chi connectivity index (χ1v) is 10.8. The molecule has 1 amide bonds. The van der Waals surface area contributed by atoms with Crippen LogP contribution in [0.4, 0.5) is 23.2 Å². The number of rotatable bonds is 6. The van der Waals surface area contributed by atoms with Gasteiger partial charge in [0.1, 0.15) is 12.4 Å². The first-order chi connectivity index (χ1) is 16.5. The number of anilines is 1. The highest BCUT2D eigenvalue weighted by molar-refractivity contribution is 6.01. The molecule has 1 saturated carbocycles. The number of alkyl halides is 3. The molecule has 1 aliphatic carbocycles. The summed E-state index contributed by atoms with van der Waals surface area (Å²) in [5.41, 5.74) is -3.76. The second kappa shape index (κ2) is 8.98. The predicted molar refractivity (Wildman–Crippen MR) is 116 cm³/mol. The molecule has 1 heterocycles. The quantitative estimate of drug-likeness (QED) is 0.326. The molecule has 4 rings (SSSR count). The number of hydrogen-bond donors (Lipinski definition) is 3. The molecule has 1 fully saturated rings.